The molecule has 184 valence electrons. The van der Waals surface area contributed by atoms with Crippen molar-refractivity contribution in [1.29, 1.82) is 0 Å². The fraction of sp³-hybridized carbons (Fsp3) is 0.560. The van der Waals surface area contributed by atoms with Crippen LogP contribution in [0.4, 0.5) is 0 Å². The number of fused-ring (bicyclic) bond motifs is 2. The second-order valence-corrected chi connectivity index (χ2v) is 9.48. The molecule has 0 aliphatic carbocycles. The molecule has 0 unspecified atom stereocenters. The number of hydrogen-bond donors (Lipinski definition) is 3. The second kappa shape index (κ2) is 9.76. The molecule has 2 aliphatic rings. The van der Waals surface area contributed by atoms with Gasteiger partial charge in [0, 0.05) is 50.1 Å². The zero-order valence-electron chi connectivity index (χ0n) is 20.6. The van der Waals surface area contributed by atoms with Crippen LogP contribution in [0.5, 0.6) is 0 Å². The third kappa shape index (κ3) is 4.30. The Labute approximate surface area is 200 Å². The molecule has 3 N–H and O–H groups in total. The number of amides is 3. The second-order valence-electron chi connectivity index (χ2n) is 9.48. The number of nitrogens with one attached hydrogen (secondary N) is 3. The summed E-state index contributed by atoms with van der Waals surface area (Å²) in [7, 11) is 3.22. The number of nitrogens with zero attached hydrogens (tertiary/aromatic N) is 2. The van der Waals surface area contributed by atoms with E-state index in [9.17, 15) is 14.4 Å². The van der Waals surface area contributed by atoms with Crippen LogP contribution in [0, 0.1) is 6.92 Å². The van der Waals surface area contributed by atoms with E-state index in [1.165, 1.54) is 7.11 Å². The number of methoxy groups -OCH3 is 1. The van der Waals surface area contributed by atoms with Gasteiger partial charge in [0.05, 0.1) is 24.7 Å². The fourth-order valence-corrected chi connectivity index (χ4v) is 5.51. The van der Waals surface area contributed by atoms with Crippen molar-refractivity contribution in [3.8, 4) is 0 Å². The highest BCUT2D eigenvalue weighted by molar-refractivity contribution is 5.91. The lowest BCUT2D eigenvalue weighted by Gasteiger charge is -2.32. The van der Waals surface area contributed by atoms with E-state index in [1.807, 2.05) is 16.0 Å². The molecule has 34 heavy (non-hydrogen) atoms. The van der Waals surface area contributed by atoms with E-state index < -0.39 is 12.1 Å². The standard InChI is InChI=1S/C25H35N5O4/c1-14-6-7-20-17(10-14)18(11-27-20)19-12-30(16(3)31)22-8-9-29(23(19)22)25(33)21(13-34-5)28-24(32)15(2)26-4/h6-7,10-11,15,19,21-23,26-27H,8-9,12-13H2,1-5H3,(H,28,32)/t15-,19+,21-,22+,23+/m0/s1. The molecule has 3 heterocycles. The topological polar surface area (TPSA) is 107 Å². The maximum Gasteiger partial charge on any atom is 0.247 e. The summed E-state index contributed by atoms with van der Waals surface area (Å²) < 4.78 is 5.29. The molecule has 2 saturated heterocycles. The number of H-pyrrole nitrogens is 1. The first-order valence-electron chi connectivity index (χ1n) is 11.9. The van der Waals surface area contributed by atoms with Gasteiger partial charge in [-0.3, -0.25) is 14.4 Å². The number of aryl methyl sites for hydroxylation is 1. The minimum atomic E-state index is -0.788. The average Bonchev–Trinajstić information content (AvgIpc) is 3.51. The first kappa shape index (κ1) is 24.2. The van der Waals surface area contributed by atoms with Gasteiger partial charge >= 0.3 is 0 Å². The van der Waals surface area contributed by atoms with Crippen molar-refractivity contribution in [2.75, 3.05) is 33.9 Å². The number of likely N-dealkylation sites (tertiary alicyclic amines) is 2. The number of aromatic amines is 1. The Kier molecular flexibility index (Phi) is 6.95. The summed E-state index contributed by atoms with van der Waals surface area (Å²) in [4.78, 5) is 45.9. The van der Waals surface area contributed by atoms with Gasteiger partial charge in [0.2, 0.25) is 17.7 Å². The maximum absolute atomic E-state index is 13.7. The van der Waals surface area contributed by atoms with Crippen molar-refractivity contribution >= 4 is 28.6 Å². The minimum Gasteiger partial charge on any atom is -0.382 e. The third-order valence-corrected chi connectivity index (χ3v) is 7.36. The van der Waals surface area contributed by atoms with Crippen LogP contribution in [-0.2, 0) is 19.1 Å². The zero-order chi connectivity index (χ0) is 24.6. The van der Waals surface area contributed by atoms with E-state index in [0.717, 1.165) is 22.0 Å². The van der Waals surface area contributed by atoms with Crippen LogP contribution in [0.1, 0.15) is 37.3 Å². The number of ether oxygens (including phenoxy) is 1. The van der Waals surface area contributed by atoms with Crippen LogP contribution in [-0.4, -0.2) is 90.5 Å². The lowest BCUT2D eigenvalue weighted by Crippen LogP contribution is -2.56. The minimum absolute atomic E-state index is 0.0208. The number of hydrogen-bond acceptors (Lipinski definition) is 5. The summed E-state index contributed by atoms with van der Waals surface area (Å²) in [5.41, 5.74) is 3.32. The molecule has 1 aromatic heterocycles. The Bertz CT molecular complexity index is 1080. The first-order chi connectivity index (χ1) is 16.3. The summed E-state index contributed by atoms with van der Waals surface area (Å²) in [6, 6.07) is 4.86. The molecular formula is C25H35N5O4. The molecule has 9 nitrogen and oxygen atoms in total. The Morgan fingerprint density at radius 2 is 2.03 bits per heavy atom. The molecule has 2 fully saturated rings. The Morgan fingerprint density at radius 1 is 1.26 bits per heavy atom. The summed E-state index contributed by atoms with van der Waals surface area (Å²) in [5, 5.41) is 6.86. The van der Waals surface area contributed by atoms with E-state index >= 15 is 0 Å². The Hall–Kier alpha value is -2.91. The smallest absolute Gasteiger partial charge is 0.247 e. The number of benzene rings is 1. The van der Waals surface area contributed by atoms with Crippen molar-refractivity contribution in [2.24, 2.45) is 0 Å². The van der Waals surface area contributed by atoms with E-state index in [1.54, 1.807) is 20.9 Å². The lowest BCUT2D eigenvalue weighted by atomic mass is 9.90. The van der Waals surface area contributed by atoms with Gasteiger partial charge in [-0.1, -0.05) is 11.6 Å². The number of rotatable bonds is 7. The predicted octanol–water partition coefficient (Wildman–Crippen LogP) is 1.13. The number of aromatic nitrogens is 1. The van der Waals surface area contributed by atoms with Crippen LogP contribution in [0.3, 0.4) is 0 Å². The molecule has 0 radical (unpaired) electrons. The molecule has 5 atom stereocenters. The summed E-state index contributed by atoms with van der Waals surface area (Å²) in [6.45, 7) is 6.58. The highest BCUT2D eigenvalue weighted by Crippen LogP contribution is 2.43. The van der Waals surface area contributed by atoms with Crippen LogP contribution in [0.2, 0.25) is 0 Å². The summed E-state index contributed by atoms with van der Waals surface area (Å²) in [6.07, 6.45) is 2.73. The predicted molar refractivity (Wildman–Crippen MR) is 129 cm³/mol. The molecule has 3 amide bonds. The van der Waals surface area contributed by atoms with Gasteiger partial charge in [-0.2, -0.15) is 0 Å². The van der Waals surface area contributed by atoms with Gasteiger partial charge < -0.3 is 30.2 Å². The van der Waals surface area contributed by atoms with Gasteiger partial charge in [0.25, 0.3) is 0 Å². The largest absolute Gasteiger partial charge is 0.382 e. The number of likely N-dealkylation sites (N-methyl/N-ethyl adjacent to an activating group) is 1. The first-order valence-corrected chi connectivity index (χ1v) is 11.9. The van der Waals surface area contributed by atoms with Crippen molar-refractivity contribution in [3.05, 3.63) is 35.5 Å². The van der Waals surface area contributed by atoms with Gasteiger partial charge in [-0.25, -0.2) is 0 Å². The lowest BCUT2D eigenvalue weighted by molar-refractivity contribution is -0.139. The summed E-state index contributed by atoms with van der Waals surface area (Å²) >= 11 is 0. The quantitative estimate of drug-likeness (QED) is 0.564. The van der Waals surface area contributed by atoms with E-state index in [4.69, 9.17) is 4.74 Å². The van der Waals surface area contributed by atoms with Crippen molar-refractivity contribution < 1.29 is 19.1 Å². The normalized spacial score (nSPS) is 23.7. The molecule has 0 spiro atoms. The molecule has 1 aromatic carbocycles. The van der Waals surface area contributed by atoms with Crippen LogP contribution >= 0.6 is 0 Å². The fourth-order valence-electron chi connectivity index (χ4n) is 5.51. The Balaban J connectivity index is 1.67. The maximum atomic E-state index is 13.7. The zero-order valence-corrected chi connectivity index (χ0v) is 20.6. The van der Waals surface area contributed by atoms with Gasteiger partial charge in [-0.05, 0) is 45.0 Å². The van der Waals surface area contributed by atoms with E-state index in [2.05, 4.69) is 40.7 Å². The Morgan fingerprint density at radius 3 is 2.71 bits per heavy atom. The van der Waals surface area contributed by atoms with Gasteiger partial charge in [0.15, 0.2) is 0 Å². The van der Waals surface area contributed by atoms with E-state index in [-0.39, 0.29) is 42.3 Å². The third-order valence-electron chi connectivity index (χ3n) is 7.36. The van der Waals surface area contributed by atoms with Gasteiger partial charge in [-0.15, -0.1) is 0 Å². The molecular weight excluding hydrogens is 434 g/mol. The number of carbonyl (C=O) groups is 3. The molecule has 9 heteroatoms. The molecule has 4 rings (SSSR count). The molecule has 0 bridgehead atoms. The monoisotopic (exact) mass is 469 g/mol. The molecule has 2 aliphatic heterocycles. The van der Waals surface area contributed by atoms with Gasteiger partial charge in [0.1, 0.15) is 6.04 Å². The number of carbonyl (C=O) groups excluding carboxylic acids is 3. The SMILES string of the molecule is CN[C@@H](C)C(=O)N[C@@H](COC)C(=O)N1CC[C@@H]2[C@H]1[C@@H](c1c[nH]c3ccc(C)cc13)CN2C(C)=O. The van der Waals surface area contributed by atoms with Crippen LogP contribution in [0.15, 0.2) is 24.4 Å². The van der Waals surface area contributed by atoms with Crippen LogP contribution in [0.25, 0.3) is 10.9 Å². The highest BCUT2D eigenvalue weighted by atomic mass is 16.5. The van der Waals surface area contributed by atoms with Crippen molar-refractivity contribution in [2.45, 2.75) is 57.3 Å². The molecule has 0 saturated carbocycles. The van der Waals surface area contributed by atoms with Crippen molar-refractivity contribution in [1.82, 2.24) is 25.4 Å². The van der Waals surface area contributed by atoms with Crippen molar-refractivity contribution in [3.63, 3.8) is 0 Å². The molecule has 2 aromatic rings. The summed E-state index contributed by atoms with van der Waals surface area (Å²) in [5.74, 6) is -0.426. The van der Waals surface area contributed by atoms with Crippen LogP contribution < -0.4 is 10.6 Å². The average molecular weight is 470 g/mol. The highest BCUT2D eigenvalue weighted by Gasteiger charge is 2.52. The van der Waals surface area contributed by atoms with E-state index in [0.29, 0.717) is 19.5 Å².